The molecule has 2 rings (SSSR count). The molecule has 0 saturated carbocycles. The molecule has 58 valence electrons. The van der Waals surface area contributed by atoms with E-state index in [0.29, 0.717) is 0 Å². The smallest absolute Gasteiger partial charge is 0.0795 e. The highest BCUT2D eigenvalue weighted by molar-refractivity contribution is 7.12. The third kappa shape index (κ3) is 1.28. The van der Waals surface area contributed by atoms with Crippen molar-refractivity contribution in [2.24, 2.45) is 5.10 Å². The number of nitrogens with zero attached hydrogens (tertiary/aromatic N) is 2. The fourth-order valence-electron chi connectivity index (χ4n) is 1.19. The lowest BCUT2D eigenvalue weighted by Crippen LogP contribution is -2.04. The first-order valence-electron chi connectivity index (χ1n) is 3.69. The third-order valence-electron chi connectivity index (χ3n) is 1.77. The van der Waals surface area contributed by atoms with Gasteiger partial charge in [-0.1, -0.05) is 6.07 Å². The SMILES string of the molecule is CN1CCC(c2cccs2)=N1. The van der Waals surface area contributed by atoms with E-state index in [9.17, 15) is 0 Å². The summed E-state index contributed by atoms with van der Waals surface area (Å²) in [4.78, 5) is 1.31. The summed E-state index contributed by atoms with van der Waals surface area (Å²) in [6.45, 7) is 1.06. The molecule has 0 amide bonds. The zero-order chi connectivity index (χ0) is 7.68. The first kappa shape index (κ1) is 6.85. The number of hydrogen-bond donors (Lipinski definition) is 0. The highest BCUT2D eigenvalue weighted by Gasteiger charge is 2.12. The van der Waals surface area contributed by atoms with Crippen LogP contribution >= 0.6 is 11.3 Å². The highest BCUT2D eigenvalue weighted by Crippen LogP contribution is 2.16. The second-order valence-electron chi connectivity index (χ2n) is 2.66. The minimum absolute atomic E-state index is 1.06. The van der Waals surface area contributed by atoms with Crippen molar-refractivity contribution in [3.63, 3.8) is 0 Å². The molecular weight excluding hydrogens is 156 g/mol. The van der Waals surface area contributed by atoms with E-state index < -0.39 is 0 Å². The normalized spacial score (nSPS) is 17.2. The lowest BCUT2D eigenvalue weighted by molar-refractivity contribution is 0.393. The van der Waals surface area contributed by atoms with Crippen LogP contribution in [0.3, 0.4) is 0 Å². The first-order chi connectivity index (χ1) is 5.36. The Bertz CT molecular complexity index is 264. The van der Waals surface area contributed by atoms with E-state index >= 15 is 0 Å². The number of hydrazone groups is 1. The molecule has 1 aliphatic heterocycles. The van der Waals surface area contributed by atoms with E-state index in [1.807, 2.05) is 12.1 Å². The van der Waals surface area contributed by atoms with Gasteiger partial charge in [-0.25, -0.2) is 0 Å². The van der Waals surface area contributed by atoms with E-state index in [-0.39, 0.29) is 0 Å². The van der Waals surface area contributed by atoms with Crippen LogP contribution in [-0.2, 0) is 0 Å². The van der Waals surface area contributed by atoms with Crippen molar-refractivity contribution in [1.82, 2.24) is 5.01 Å². The molecule has 1 aromatic heterocycles. The maximum absolute atomic E-state index is 4.39. The molecule has 11 heavy (non-hydrogen) atoms. The Morgan fingerprint density at radius 3 is 3.09 bits per heavy atom. The van der Waals surface area contributed by atoms with Crippen LogP contribution < -0.4 is 0 Å². The van der Waals surface area contributed by atoms with Gasteiger partial charge in [0.2, 0.25) is 0 Å². The molecule has 0 fully saturated rings. The summed E-state index contributed by atoms with van der Waals surface area (Å²) in [5.41, 5.74) is 1.24. The van der Waals surface area contributed by atoms with Gasteiger partial charge in [0.15, 0.2) is 0 Å². The van der Waals surface area contributed by atoms with Gasteiger partial charge in [0, 0.05) is 20.0 Å². The second kappa shape index (κ2) is 2.66. The maximum atomic E-state index is 4.39. The van der Waals surface area contributed by atoms with Crippen molar-refractivity contribution < 1.29 is 0 Å². The quantitative estimate of drug-likeness (QED) is 0.621. The average molecular weight is 166 g/mol. The van der Waals surface area contributed by atoms with Gasteiger partial charge in [-0.15, -0.1) is 11.3 Å². The summed E-state index contributed by atoms with van der Waals surface area (Å²) in [5.74, 6) is 0. The molecule has 1 aliphatic rings. The largest absolute Gasteiger partial charge is 0.299 e. The molecule has 0 unspecified atom stereocenters. The fraction of sp³-hybridized carbons (Fsp3) is 0.375. The summed E-state index contributed by atoms with van der Waals surface area (Å²) in [7, 11) is 2.01. The monoisotopic (exact) mass is 166 g/mol. The molecule has 0 saturated heterocycles. The molecule has 0 N–H and O–H groups in total. The van der Waals surface area contributed by atoms with Crippen LogP contribution in [0, 0.1) is 0 Å². The van der Waals surface area contributed by atoms with Gasteiger partial charge in [0.05, 0.1) is 10.6 Å². The van der Waals surface area contributed by atoms with E-state index in [4.69, 9.17) is 0 Å². The molecule has 0 aromatic carbocycles. The Labute approximate surface area is 70.2 Å². The molecule has 2 heterocycles. The van der Waals surface area contributed by atoms with Gasteiger partial charge in [0.1, 0.15) is 0 Å². The van der Waals surface area contributed by atoms with Crippen LogP contribution in [0.2, 0.25) is 0 Å². The molecule has 2 nitrogen and oxygen atoms in total. The van der Waals surface area contributed by atoms with Crippen LogP contribution in [-0.4, -0.2) is 24.3 Å². The number of rotatable bonds is 1. The van der Waals surface area contributed by atoms with Crippen molar-refractivity contribution in [2.75, 3.05) is 13.6 Å². The van der Waals surface area contributed by atoms with Crippen molar-refractivity contribution in [3.05, 3.63) is 22.4 Å². The molecule has 0 spiro atoms. The summed E-state index contributed by atoms with van der Waals surface area (Å²) < 4.78 is 0. The van der Waals surface area contributed by atoms with Crippen molar-refractivity contribution in [2.45, 2.75) is 6.42 Å². The lowest BCUT2D eigenvalue weighted by atomic mass is 10.2. The standard InChI is InChI=1S/C8H10N2S/c1-10-5-4-7(9-10)8-3-2-6-11-8/h2-3,6H,4-5H2,1H3. The fourth-order valence-corrected chi connectivity index (χ4v) is 1.93. The molecule has 3 heteroatoms. The molecule has 0 bridgehead atoms. The molecule has 0 atom stereocenters. The summed E-state index contributed by atoms with van der Waals surface area (Å²) in [6.07, 6.45) is 1.09. The topological polar surface area (TPSA) is 15.6 Å². The molecule has 0 radical (unpaired) electrons. The van der Waals surface area contributed by atoms with Gasteiger partial charge in [0.25, 0.3) is 0 Å². The predicted octanol–water partition coefficient (Wildman–Crippen LogP) is 1.79. The lowest BCUT2D eigenvalue weighted by Gasteiger charge is -2.00. The number of hydrogen-bond acceptors (Lipinski definition) is 3. The minimum Gasteiger partial charge on any atom is -0.299 e. The predicted molar refractivity (Wildman–Crippen MR) is 48.1 cm³/mol. The van der Waals surface area contributed by atoms with Crippen LogP contribution in [0.25, 0.3) is 0 Å². The van der Waals surface area contributed by atoms with Gasteiger partial charge >= 0.3 is 0 Å². The van der Waals surface area contributed by atoms with E-state index in [1.54, 1.807) is 11.3 Å². The van der Waals surface area contributed by atoms with Crippen LogP contribution in [0.15, 0.2) is 22.6 Å². The van der Waals surface area contributed by atoms with Crippen LogP contribution in [0.5, 0.6) is 0 Å². The Morgan fingerprint density at radius 1 is 1.64 bits per heavy atom. The zero-order valence-corrected chi connectivity index (χ0v) is 7.27. The Morgan fingerprint density at radius 2 is 2.55 bits per heavy atom. The van der Waals surface area contributed by atoms with Gasteiger partial charge in [-0.2, -0.15) is 5.10 Å². The van der Waals surface area contributed by atoms with E-state index in [2.05, 4.69) is 22.6 Å². The Balaban J connectivity index is 2.25. The minimum atomic E-state index is 1.06. The average Bonchev–Trinajstić information content (AvgIpc) is 2.55. The summed E-state index contributed by atoms with van der Waals surface area (Å²) in [5, 5.41) is 8.48. The summed E-state index contributed by atoms with van der Waals surface area (Å²) in [6, 6.07) is 4.20. The Kier molecular flexibility index (Phi) is 1.66. The van der Waals surface area contributed by atoms with Crippen LogP contribution in [0.4, 0.5) is 0 Å². The summed E-state index contributed by atoms with van der Waals surface area (Å²) >= 11 is 1.76. The maximum Gasteiger partial charge on any atom is 0.0795 e. The third-order valence-corrected chi connectivity index (χ3v) is 2.69. The van der Waals surface area contributed by atoms with Crippen molar-refractivity contribution in [3.8, 4) is 0 Å². The molecule has 0 aliphatic carbocycles. The molecular formula is C8H10N2S. The van der Waals surface area contributed by atoms with Crippen molar-refractivity contribution in [1.29, 1.82) is 0 Å². The Hall–Kier alpha value is -0.830. The van der Waals surface area contributed by atoms with Gasteiger partial charge in [-0.3, -0.25) is 5.01 Å². The van der Waals surface area contributed by atoms with E-state index in [1.165, 1.54) is 10.6 Å². The number of thiophene rings is 1. The second-order valence-corrected chi connectivity index (χ2v) is 3.60. The van der Waals surface area contributed by atoms with E-state index in [0.717, 1.165) is 13.0 Å². The highest BCUT2D eigenvalue weighted by atomic mass is 32.1. The molecule has 1 aromatic rings. The van der Waals surface area contributed by atoms with Gasteiger partial charge < -0.3 is 0 Å². The van der Waals surface area contributed by atoms with Crippen molar-refractivity contribution >= 4 is 17.0 Å². The first-order valence-corrected chi connectivity index (χ1v) is 4.57. The van der Waals surface area contributed by atoms with Crippen LogP contribution in [0.1, 0.15) is 11.3 Å². The van der Waals surface area contributed by atoms with Gasteiger partial charge in [-0.05, 0) is 11.4 Å². The zero-order valence-electron chi connectivity index (χ0n) is 6.45.